The third-order valence-corrected chi connectivity index (χ3v) is 2.80. The summed E-state index contributed by atoms with van der Waals surface area (Å²) in [5.41, 5.74) is -0.879. The normalized spacial score (nSPS) is 12.8. The van der Waals surface area contributed by atoms with Gasteiger partial charge in [-0.25, -0.2) is 0 Å². The molecule has 0 spiro atoms. The number of nitriles is 1. The average Bonchev–Trinajstić information content (AvgIpc) is 1.95. The molecular weight excluding hydrogens is 170 g/mol. The van der Waals surface area contributed by atoms with Crippen LogP contribution in [0.5, 0.6) is 0 Å². The van der Waals surface area contributed by atoms with Crippen LogP contribution in [0.4, 0.5) is 0 Å². The molecule has 1 N–H and O–H groups in total. The lowest BCUT2D eigenvalue weighted by molar-refractivity contribution is 0.129. The number of hydrogen-bond donors (Lipinski definition) is 1. The van der Waals surface area contributed by atoms with E-state index in [9.17, 15) is 5.11 Å². The molecule has 0 amide bonds. The molecule has 0 bridgehead atoms. The summed E-state index contributed by atoms with van der Waals surface area (Å²) in [5, 5.41) is 18.0. The molecule has 0 rings (SSSR count). The molecule has 0 saturated carbocycles. The fourth-order valence-electron chi connectivity index (χ4n) is 0.666. The van der Waals surface area contributed by atoms with Gasteiger partial charge in [-0.15, -0.1) is 11.8 Å². The van der Waals surface area contributed by atoms with Crippen molar-refractivity contribution in [2.75, 3.05) is 5.75 Å². The van der Waals surface area contributed by atoms with Crippen LogP contribution < -0.4 is 0 Å². The summed E-state index contributed by atoms with van der Waals surface area (Å²) in [6, 6.07) is 1.94. The second-order valence-electron chi connectivity index (χ2n) is 3.05. The summed E-state index contributed by atoms with van der Waals surface area (Å²) in [4.78, 5) is 0.742. The minimum atomic E-state index is -0.879. The lowest BCUT2D eigenvalue weighted by Gasteiger charge is -2.19. The predicted octanol–water partition coefficient (Wildman–Crippen LogP) is 2.31. The van der Waals surface area contributed by atoms with E-state index in [-0.39, 0.29) is 0 Å². The van der Waals surface area contributed by atoms with Crippen LogP contribution in [0.2, 0.25) is 0 Å². The summed E-state index contributed by atoms with van der Waals surface area (Å²) in [7, 11) is 0. The van der Waals surface area contributed by atoms with Crippen molar-refractivity contribution in [2.24, 2.45) is 0 Å². The molecule has 0 saturated heterocycles. The molecule has 0 aromatic carbocycles. The number of rotatable bonds is 4. The Morgan fingerprint density at radius 3 is 2.58 bits per heavy atom. The molecule has 0 aromatic heterocycles. The fourth-order valence-corrected chi connectivity index (χ4v) is 1.58. The Hall–Kier alpha value is -0.460. The van der Waals surface area contributed by atoms with Crippen LogP contribution in [-0.4, -0.2) is 16.5 Å². The second-order valence-corrected chi connectivity index (χ2v) is 4.18. The van der Waals surface area contributed by atoms with Gasteiger partial charge in [-0.1, -0.05) is 6.92 Å². The number of allylic oxidation sites excluding steroid dienone is 1. The van der Waals surface area contributed by atoms with E-state index in [4.69, 9.17) is 5.26 Å². The van der Waals surface area contributed by atoms with Crippen LogP contribution in [0, 0.1) is 11.3 Å². The topological polar surface area (TPSA) is 44.0 Å². The first kappa shape index (κ1) is 11.5. The lowest BCUT2D eigenvalue weighted by Crippen LogP contribution is -2.20. The molecule has 0 aromatic rings. The van der Waals surface area contributed by atoms with Gasteiger partial charge in [0.1, 0.15) is 0 Å². The maximum Gasteiger partial charge on any atom is 0.0921 e. The molecule has 0 heterocycles. The van der Waals surface area contributed by atoms with E-state index in [0.29, 0.717) is 0 Å². The lowest BCUT2D eigenvalue weighted by atomic mass is 10.1. The van der Waals surface area contributed by atoms with Crippen LogP contribution >= 0.6 is 11.8 Å². The van der Waals surface area contributed by atoms with Crippen molar-refractivity contribution >= 4 is 11.8 Å². The largest absolute Gasteiger partial charge is 0.385 e. The minimum absolute atomic E-state index is 0.742. The van der Waals surface area contributed by atoms with Gasteiger partial charge < -0.3 is 5.11 Å². The van der Waals surface area contributed by atoms with Crippen LogP contribution in [0.3, 0.4) is 0 Å². The number of nitrogens with zero attached hydrogens (tertiary/aromatic N) is 1. The zero-order valence-corrected chi connectivity index (χ0v) is 8.61. The highest BCUT2D eigenvalue weighted by molar-refractivity contribution is 8.03. The van der Waals surface area contributed by atoms with Crippen molar-refractivity contribution in [1.29, 1.82) is 5.26 Å². The minimum Gasteiger partial charge on any atom is -0.385 e. The average molecular weight is 185 g/mol. The van der Waals surface area contributed by atoms with E-state index in [1.54, 1.807) is 25.6 Å². The van der Waals surface area contributed by atoms with Crippen molar-refractivity contribution in [3.8, 4) is 6.07 Å². The van der Waals surface area contributed by atoms with Gasteiger partial charge in [0.25, 0.3) is 0 Å². The van der Waals surface area contributed by atoms with Crippen molar-refractivity contribution in [3.63, 3.8) is 0 Å². The maximum atomic E-state index is 9.59. The Morgan fingerprint density at radius 1 is 1.67 bits per heavy atom. The van der Waals surface area contributed by atoms with Crippen LogP contribution in [-0.2, 0) is 0 Å². The first-order valence-electron chi connectivity index (χ1n) is 3.97. The molecule has 0 unspecified atom stereocenters. The molecule has 0 aliphatic heterocycles. The summed E-state index contributed by atoms with van der Waals surface area (Å²) < 4.78 is 0. The van der Waals surface area contributed by atoms with Gasteiger partial charge in [0.2, 0.25) is 0 Å². The molecule has 0 fully saturated rings. The summed E-state index contributed by atoms with van der Waals surface area (Å²) in [6.07, 6.45) is 2.46. The number of aliphatic hydroxyl groups is 1. The number of hydrogen-bond acceptors (Lipinski definition) is 3. The zero-order valence-electron chi connectivity index (χ0n) is 7.79. The van der Waals surface area contributed by atoms with E-state index >= 15 is 0 Å². The Kier molecular flexibility index (Phi) is 5.03. The van der Waals surface area contributed by atoms with Crippen LogP contribution in [0.25, 0.3) is 0 Å². The van der Waals surface area contributed by atoms with E-state index < -0.39 is 5.60 Å². The van der Waals surface area contributed by atoms with Gasteiger partial charge in [-0.2, -0.15) is 5.26 Å². The number of thioether (sulfide) groups is 1. The van der Waals surface area contributed by atoms with Gasteiger partial charge in [-0.3, -0.25) is 0 Å². The van der Waals surface area contributed by atoms with E-state index in [0.717, 1.165) is 17.1 Å². The Bertz CT molecular complexity index is 198. The van der Waals surface area contributed by atoms with E-state index in [1.165, 1.54) is 6.08 Å². The molecule has 0 atom stereocenters. The molecular formula is C9H15NOS. The molecule has 3 heteroatoms. The highest BCUT2D eigenvalue weighted by atomic mass is 32.2. The molecule has 68 valence electrons. The Balaban J connectivity index is 4.28. The van der Waals surface area contributed by atoms with E-state index in [2.05, 4.69) is 6.92 Å². The Labute approximate surface area is 78.3 Å². The molecule has 0 aliphatic carbocycles. The predicted molar refractivity (Wildman–Crippen MR) is 52.7 cm³/mol. The van der Waals surface area contributed by atoms with Crippen molar-refractivity contribution in [2.45, 2.75) is 32.8 Å². The third-order valence-electron chi connectivity index (χ3n) is 1.26. The first-order valence-corrected chi connectivity index (χ1v) is 4.96. The molecule has 2 nitrogen and oxygen atoms in total. The van der Waals surface area contributed by atoms with Gasteiger partial charge in [0.15, 0.2) is 0 Å². The van der Waals surface area contributed by atoms with Crippen LogP contribution in [0.1, 0.15) is 27.2 Å². The SMILES string of the molecule is CCCS/C(=C/C#N)C(C)(C)O. The zero-order chi connectivity index (χ0) is 9.61. The first-order chi connectivity index (χ1) is 5.52. The smallest absolute Gasteiger partial charge is 0.0921 e. The summed E-state index contributed by atoms with van der Waals surface area (Å²) >= 11 is 1.54. The molecule has 0 aliphatic rings. The van der Waals surface area contributed by atoms with E-state index in [1.807, 2.05) is 6.07 Å². The van der Waals surface area contributed by atoms with Gasteiger partial charge in [-0.05, 0) is 26.0 Å². The molecule has 12 heavy (non-hydrogen) atoms. The quantitative estimate of drug-likeness (QED) is 0.683. The highest BCUT2D eigenvalue weighted by Crippen LogP contribution is 2.27. The van der Waals surface area contributed by atoms with Crippen molar-refractivity contribution in [1.82, 2.24) is 0 Å². The highest BCUT2D eigenvalue weighted by Gasteiger charge is 2.18. The fraction of sp³-hybridized carbons (Fsp3) is 0.667. The standard InChI is InChI=1S/C9H15NOS/c1-4-7-12-8(5-6-10)9(2,3)11/h5,11H,4,7H2,1-3H3/b8-5+. The molecule has 0 radical (unpaired) electrons. The summed E-state index contributed by atoms with van der Waals surface area (Å²) in [5.74, 6) is 0.942. The van der Waals surface area contributed by atoms with Gasteiger partial charge in [0.05, 0.1) is 11.7 Å². The van der Waals surface area contributed by atoms with Gasteiger partial charge in [0, 0.05) is 11.0 Å². The van der Waals surface area contributed by atoms with Crippen LogP contribution in [0.15, 0.2) is 11.0 Å². The van der Waals surface area contributed by atoms with Gasteiger partial charge >= 0.3 is 0 Å². The van der Waals surface area contributed by atoms with Crippen molar-refractivity contribution < 1.29 is 5.11 Å². The Morgan fingerprint density at radius 2 is 2.25 bits per heavy atom. The monoisotopic (exact) mass is 185 g/mol. The third kappa shape index (κ3) is 4.42. The maximum absolute atomic E-state index is 9.59. The summed E-state index contributed by atoms with van der Waals surface area (Å²) in [6.45, 7) is 5.46. The van der Waals surface area contributed by atoms with Crippen molar-refractivity contribution in [3.05, 3.63) is 11.0 Å². The second kappa shape index (κ2) is 5.23.